The van der Waals surface area contributed by atoms with Crippen molar-refractivity contribution in [2.75, 3.05) is 6.61 Å². The summed E-state index contributed by atoms with van der Waals surface area (Å²) in [6, 6.07) is 12.8. The zero-order chi connectivity index (χ0) is 17.8. The third kappa shape index (κ3) is 3.68. The molecule has 0 aliphatic carbocycles. The van der Waals surface area contributed by atoms with Gasteiger partial charge in [0.05, 0.1) is 0 Å². The van der Waals surface area contributed by atoms with E-state index in [0.717, 1.165) is 0 Å². The Labute approximate surface area is 141 Å². The van der Waals surface area contributed by atoms with Gasteiger partial charge in [-0.25, -0.2) is 0 Å². The number of halogens is 2. The van der Waals surface area contributed by atoms with Crippen LogP contribution in [0.1, 0.15) is 0 Å². The molecule has 25 heavy (non-hydrogen) atoms. The Morgan fingerprint density at radius 1 is 1.16 bits per heavy atom. The van der Waals surface area contributed by atoms with E-state index >= 15 is 0 Å². The van der Waals surface area contributed by atoms with Gasteiger partial charge in [-0.3, -0.25) is 4.79 Å². The van der Waals surface area contributed by atoms with Gasteiger partial charge in [-0.05, 0) is 0 Å². The first-order valence-electron chi connectivity index (χ1n) is 7.44. The van der Waals surface area contributed by atoms with Crippen molar-refractivity contribution in [1.82, 2.24) is 0 Å². The number of hydrogen-bond donors (Lipinski definition) is 0. The van der Waals surface area contributed by atoms with Crippen LogP contribution in [0.5, 0.6) is 11.5 Å². The topological polar surface area (TPSA) is 48.7 Å². The Hall–Kier alpha value is -3.15. The van der Waals surface area contributed by atoms with Gasteiger partial charge in [-0.15, -0.1) is 0 Å². The van der Waals surface area contributed by atoms with Gasteiger partial charge in [0.15, 0.2) is 5.43 Å². The van der Waals surface area contributed by atoms with E-state index in [1.165, 1.54) is 24.3 Å². The van der Waals surface area contributed by atoms with Gasteiger partial charge >= 0.3 is 6.61 Å². The van der Waals surface area contributed by atoms with E-state index in [1.807, 2.05) is 6.07 Å². The lowest BCUT2D eigenvalue weighted by molar-refractivity contribution is -0.0498. The predicted molar refractivity (Wildman–Crippen MR) is 90.2 cm³/mol. The largest absolute Gasteiger partial charge is 0.488 e. The second kappa shape index (κ2) is 7.17. The number of rotatable bonds is 6. The maximum absolute atomic E-state index is 12.6. The molecule has 0 aliphatic rings. The van der Waals surface area contributed by atoms with Gasteiger partial charge in [0.1, 0.15) is 34.8 Å². The Morgan fingerprint density at radius 2 is 1.92 bits per heavy atom. The molecular formula is C19H14F2O4. The molecule has 0 radical (unpaired) electrons. The minimum atomic E-state index is -3.01. The van der Waals surface area contributed by atoms with Crippen LogP contribution in [0.3, 0.4) is 0 Å². The standard InChI is InChI=1S/C19H14F2O4/c1-2-8-23-16-9-13(24-19(20)21)10-17-18(16)14(22)11-15(25-17)12-6-4-3-5-7-12/h2-7,9-11,19H,1,8H2. The van der Waals surface area contributed by atoms with Gasteiger partial charge < -0.3 is 13.9 Å². The maximum Gasteiger partial charge on any atom is 0.387 e. The van der Waals surface area contributed by atoms with Gasteiger partial charge in [0.2, 0.25) is 0 Å². The van der Waals surface area contributed by atoms with Crippen LogP contribution >= 0.6 is 0 Å². The monoisotopic (exact) mass is 344 g/mol. The van der Waals surface area contributed by atoms with Crippen LogP contribution in [-0.4, -0.2) is 13.2 Å². The molecule has 0 bridgehead atoms. The molecule has 4 nitrogen and oxygen atoms in total. The first-order chi connectivity index (χ1) is 12.1. The van der Waals surface area contributed by atoms with E-state index in [2.05, 4.69) is 11.3 Å². The van der Waals surface area contributed by atoms with Crippen molar-refractivity contribution in [1.29, 1.82) is 0 Å². The van der Waals surface area contributed by atoms with Crippen molar-refractivity contribution < 1.29 is 22.7 Å². The summed E-state index contributed by atoms with van der Waals surface area (Å²) in [6.45, 7) is 0.623. The van der Waals surface area contributed by atoms with E-state index < -0.39 is 6.61 Å². The van der Waals surface area contributed by atoms with E-state index in [-0.39, 0.29) is 34.5 Å². The molecule has 0 saturated heterocycles. The Morgan fingerprint density at radius 3 is 2.60 bits per heavy atom. The summed E-state index contributed by atoms with van der Waals surface area (Å²) < 4.78 is 40.7. The molecular weight excluding hydrogens is 330 g/mol. The molecule has 0 fully saturated rings. The molecule has 0 N–H and O–H groups in total. The number of benzene rings is 2. The molecule has 6 heteroatoms. The third-order valence-corrected chi connectivity index (χ3v) is 3.41. The lowest BCUT2D eigenvalue weighted by atomic mass is 10.1. The quantitative estimate of drug-likeness (QED) is 0.612. The van der Waals surface area contributed by atoms with Crippen molar-refractivity contribution in [3.63, 3.8) is 0 Å². The molecule has 3 aromatic rings. The summed E-state index contributed by atoms with van der Waals surface area (Å²) in [7, 11) is 0. The first kappa shape index (κ1) is 16.7. The zero-order valence-electron chi connectivity index (χ0n) is 13.1. The van der Waals surface area contributed by atoms with Crippen molar-refractivity contribution in [3.8, 4) is 22.8 Å². The van der Waals surface area contributed by atoms with Crippen LogP contribution in [-0.2, 0) is 0 Å². The van der Waals surface area contributed by atoms with Crippen LogP contribution < -0.4 is 14.9 Å². The fourth-order valence-corrected chi connectivity index (χ4v) is 2.41. The second-order valence-corrected chi connectivity index (χ2v) is 5.11. The highest BCUT2D eigenvalue weighted by Gasteiger charge is 2.16. The molecule has 2 aromatic carbocycles. The summed E-state index contributed by atoms with van der Waals surface area (Å²) in [5.41, 5.74) is 0.446. The Bertz CT molecular complexity index is 949. The van der Waals surface area contributed by atoms with Crippen molar-refractivity contribution >= 4 is 11.0 Å². The molecule has 0 aliphatic heterocycles. The van der Waals surface area contributed by atoms with Crippen LogP contribution in [0.4, 0.5) is 8.78 Å². The lowest BCUT2D eigenvalue weighted by Gasteiger charge is -2.11. The van der Waals surface area contributed by atoms with Crippen molar-refractivity contribution in [2.24, 2.45) is 0 Å². The molecule has 1 aromatic heterocycles. The van der Waals surface area contributed by atoms with Gasteiger partial charge in [-0.2, -0.15) is 8.78 Å². The van der Waals surface area contributed by atoms with Gasteiger partial charge in [0.25, 0.3) is 0 Å². The summed E-state index contributed by atoms with van der Waals surface area (Å²) in [5.74, 6) is 0.262. The van der Waals surface area contributed by atoms with Crippen LogP contribution in [0, 0.1) is 0 Å². The van der Waals surface area contributed by atoms with Crippen LogP contribution in [0.15, 0.2) is 70.4 Å². The zero-order valence-corrected chi connectivity index (χ0v) is 13.1. The second-order valence-electron chi connectivity index (χ2n) is 5.11. The molecule has 3 rings (SSSR count). The van der Waals surface area contributed by atoms with Gasteiger partial charge in [0, 0.05) is 23.8 Å². The van der Waals surface area contributed by atoms with E-state index in [1.54, 1.807) is 24.3 Å². The molecule has 0 saturated carbocycles. The highest BCUT2D eigenvalue weighted by molar-refractivity contribution is 5.86. The highest BCUT2D eigenvalue weighted by Crippen LogP contribution is 2.32. The summed E-state index contributed by atoms with van der Waals surface area (Å²) in [5, 5.41) is 0.156. The van der Waals surface area contributed by atoms with E-state index in [0.29, 0.717) is 11.3 Å². The van der Waals surface area contributed by atoms with E-state index in [9.17, 15) is 13.6 Å². The third-order valence-electron chi connectivity index (χ3n) is 3.41. The number of alkyl halides is 2. The summed E-state index contributed by atoms with van der Waals surface area (Å²) >= 11 is 0. The molecule has 0 unspecified atom stereocenters. The predicted octanol–water partition coefficient (Wildman–Crippen LogP) is 4.63. The smallest absolute Gasteiger partial charge is 0.387 e. The first-order valence-corrected chi connectivity index (χ1v) is 7.44. The average Bonchev–Trinajstić information content (AvgIpc) is 2.59. The van der Waals surface area contributed by atoms with Crippen LogP contribution in [0.2, 0.25) is 0 Å². The number of hydrogen-bond acceptors (Lipinski definition) is 4. The maximum atomic E-state index is 12.6. The Balaban J connectivity index is 2.20. The van der Waals surface area contributed by atoms with Crippen molar-refractivity contribution in [2.45, 2.75) is 6.61 Å². The lowest BCUT2D eigenvalue weighted by Crippen LogP contribution is -2.07. The minimum absolute atomic E-state index is 0.0985. The normalized spacial score (nSPS) is 10.8. The molecule has 128 valence electrons. The Kier molecular flexibility index (Phi) is 4.79. The summed E-state index contributed by atoms with van der Waals surface area (Å²) in [4.78, 5) is 12.5. The molecule has 0 amide bonds. The minimum Gasteiger partial charge on any atom is -0.488 e. The molecule has 0 spiro atoms. The van der Waals surface area contributed by atoms with E-state index in [4.69, 9.17) is 9.15 Å². The molecule has 0 atom stereocenters. The number of fused-ring (bicyclic) bond motifs is 1. The van der Waals surface area contributed by atoms with Gasteiger partial charge in [-0.1, -0.05) is 43.0 Å². The van der Waals surface area contributed by atoms with Crippen LogP contribution in [0.25, 0.3) is 22.3 Å². The number of ether oxygens (including phenoxy) is 2. The fourth-order valence-electron chi connectivity index (χ4n) is 2.41. The molecule has 1 heterocycles. The fraction of sp³-hybridized carbons (Fsp3) is 0.105. The summed E-state index contributed by atoms with van der Waals surface area (Å²) in [6.07, 6.45) is 1.48. The highest BCUT2D eigenvalue weighted by atomic mass is 19.3. The average molecular weight is 344 g/mol. The van der Waals surface area contributed by atoms with Crippen molar-refractivity contribution in [3.05, 3.63) is 71.4 Å². The SMILES string of the molecule is C=CCOc1cc(OC(F)F)cc2oc(-c3ccccc3)cc(=O)c12.